The Morgan fingerprint density at radius 2 is 0.526 bits per heavy atom. The van der Waals surface area contributed by atoms with Crippen molar-refractivity contribution in [1.82, 2.24) is 0 Å². The fourth-order valence-corrected chi connectivity index (χ4v) is 12.4. The van der Waals surface area contributed by atoms with Crippen LogP contribution in [0.2, 0.25) is 0 Å². The van der Waals surface area contributed by atoms with Gasteiger partial charge >= 0.3 is 33.6 Å². The van der Waals surface area contributed by atoms with Crippen LogP contribution in [-0.4, -0.2) is 95.9 Å². The molecule has 556 valence electrons. The first kappa shape index (κ1) is 92.2. The summed E-state index contributed by atoms with van der Waals surface area (Å²) < 4.78 is 61.1. The van der Waals surface area contributed by atoms with Gasteiger partial charge < -0.3 is 34.2 Å². The van der Waals surface area contributed by atoms with Crippen LogP contribution in [0.15, 0.2) is 60.8 Å². The number of esters is 3. The molecule has 0 amide bonds. The molecule has 0 aliphatic rings. The Bertz CT molecular complexity index is 1980. The first-order valence-corrected chi connectivity index (χ1v) is 41.6. The van der Waals surface area contributed by atoms with Crippen LogP contribution in [0.3, 0.4) is 0 Å². The molecule has 0 aromatic heterocycles. The average Bonchev–Trinajstić information content (AvgIpc) is 1.83. The zero-order valence-corrected chi connectivity index (χ0v) is 62.4. The SMILES string of the molecule is CCCCC/C=C\C/C=C\C/C=C\C/C=C\CCCCCCCCCCCCCCCC(=O)OCC(O)COP(=O)(O)OCC(O)COP(=O)(O)OCC(COC(=O)CCCCCCC/C=C\CCCCCCCC)OC(=O)CCCCCCCCCCCCCCCCC. The third-order valence-electron chi connectivity index (χ3n) is 16.7. The summed E-state index contributed by atoms with van der Waals surface area (Å²) in [7, 11) is -9.77. The van der Waals surface area contributed by atoms with Crippen molar-refractivity contribution >= 4 is 33.6 Å². The summed E-state index contributed by atoms with van der Waals surface area (Å²) in [5.74, 6) is -1.56. The number of hydrogen-bond donors (Lipinski definition) is 4. The highest BCUT2D eigenvalue weighted by Gasteiger charge is 2.29. The van der Waals surface area contributed by atoms with Crippen molar-refractivity contribution in [2.75, 3.05) is 39.6 Å². The van der Waals surface area contributed by atoms with Gasteiger partial charge in [-0.2, -0.15) is 0 Å². The maximum atomic E-state index is 12.9. The number of phosphoric acid groups is 2. The average molecular weight is 1390 g/mol. The minimum Gasteiger partial charge on any atom is -0.463 e. The maximum Gasteiger partial charge on any atom is 0.472 e. The van der Waals surface area contributed by atoms with E-state index in [2.05, 4.69) is 81.5 Å². The molecule has 95 heavy (non-hydrogen) atoms. The normalized spacial score (nSPS) is 14.4. The molecule has 0 saturated heterocycles. The van der Waals surface area contributed by atoms with Crippen LogP contribution in [0.25, 0.3) is 0 Å². The summed E-state index contributed by atoms with van der Waals surface area (Å²) in [6.07, 6.45) is 75.6. The van der Waals surface area contributed by atoms with Crippen LogP contribution in [-0.2, 0) is 55.8 Å². The van der Waals surface area contributed by atoms with E-state index < -0.39 is 91.5 Å². The highest BCUT2D eigenvalue weighted by molar-refractivity contribution is 7.47. The first-order chi connectivity index (χ1) is 46.2. The number of carbonyl (C=O) groups is 3. The topological polar surface area (TPSA) is 231 Å². The number of hydrogen-bond acceptors (Lipinski definition) is 14. The van der Waals surface area contributed by atoms with Gasteiger partial charge in [-0.15, -0.1) is 0 Å². The molecular formula is C77H142O16P2. The van der Waals surface area contributed by atoms with Crippen LogP contribution >= 0.6 is 15.6 Å². The van der Waals surface area contributed by atoms with E-state index in [4.69, 9.17) is 32.3 Å². The standard InChI is InChI=1S/C77H142O16P2/c1-4-7-10-13-16-19-22-25-28-29-30-31-32-33-34-35-36-37-38-39-40-41-44-46-48-51-54-57-60-63-75(80)87-66-72(78)67-89-94(83,84)90-68-73(79)69-91-95(85,86)92-71-74(93-77(82)65-62-59-56-53-50-47-43-27-24-21-18-15-12-9-6-3)70-88-76(81)64-61-58-55-52-49-45-42-26-23-20-17-14-11-8-5-2/h16,19,25-26,28,30-31,33-34,42,72-74,78-79H,4-15,17-18,20-24,27,29,32,35-41,43-71H2,1-3H3,(H,83,84)(H,85,86)/b19-16-,28-25-,31-30-,34-33-,42-26-. The second-order valence-electron chi connectivity index (χ2n) is 26.2. The van der Waals surface area contributed by atoms with E-state index in [0.717, 1.165) is 109 Å². The lowest BCUT2D eigenvalue weighted by Crippen LogP contribution is -2.30. The lowest BCUT2D eigenvalue weighted by Gasteiger charge is -2.21. The molecule has 0 saturated carbocycles. The molecular weight excluding hydrogens is 1240 g/mol. The van der Waals surface area contributed by atoms with Gasteiger partial charge in [0.25, 0.3) is 0 Å². The van der Waals surface area contributed by atoms with Gasteiger partial charge in [0.2, 0.25) is 0 Å². The lowest BCUT2D eigenvalue weighted by molar-refractivity contribution is -0.161. The van der Waals surface area contributed by atoms with Gasteiger partial charge in [-0.05, 0) is 89.9 Å². The van der Waals surface area contributed by atoms with Crippen molar-refractivity contribution in [3.05, 3.63) is 60.8 Å². The van der Waals surface area contributed by atoms with E-state index in [1.807, 2.05) is 0 Å². The van der Waals surface area contributed by atoms with Crippen molar-refractivity contribution in [1.29, 1.82) is 0 Å². The summed E-state index contributed by atoms with van der Waals surface area (Å²) in [5.41, 5.74) is 0. The second-order valence-corrected chi connectivity index (χ2v) is 29.1. The van der Waals surface area contributed by atoms with Crippen molar-refractivity contribution in [2.24, 2.45) is 0 Å². The van der Waals surface area contributed by atoms with Gasteiger partial charge in [-0.25, -0.2) is 9.13 Å². The molecule has 5 unspecified atom stereocenters. The summed E-state index contributed by atoms with van der Waals surface area (Å²) in [6, 6.07) is 0. The van der Waals surface area contributed by atoms with E-state index in [1.54, 1.807) is 0 Å². The van der Waals surface area contributed by atoms with Crippen molar-refractivity contribution in [3.63, 3.8) is 0 Å². The molecule has 0 radical (unpaired) electrons. The van der Waals surface area contributed by atoms with Gasteiger partial charge in [-0.3, -0.25) is 32.5 Å². The fourth-order valence-electron chi connectivity index (χ4n) is 10.8. The molecule has 0 aromatic carbocycles. The number of phosphoric ester groups is 2. The number of allylic oxidation sites excluding steroid dienone is 10. The summed E-state index contributed by atoms with van der Waals surface area (Å²) >= 11 is 0. The highest BCUT2D eigenvalue weighted by atomic mass is 31.2. The Morgan fingerprint density at radius 1 is 0.295 bits per heavy atom. The van der Waals surface area contributed by atoms with Crippen molar-refractivity contribution in [2.45, 2.75) is 373 Å². The van der Waals surface area contributed by atoms with Gasteiger partial charge in [0, 0.05) is 19.3 Å². The van der Waals surface area contributed by atoms with E-state index in [9.17, 15) is 43.5 Å². The molecule has 0 bridgehead atoms. The van der Waals surface area contributed by atoms with Crippen LogP contribution in [0.1, 0.15) is 355 Å². The molecule has 4 N–H and O–H groups in total. The van der Waals surface area contributed by atoms with E-state index in [0.29, 0.717) is 19.3 Å². The van der Waals surface area contributed by atoms with Crippen molar-refractivity contribution in [3.8, 4) is 0 Å². The number of aliphatic hydroxyl groups is 2. The quantitative estimate of drug-likeness (QED) is 0.0146. The van der Waals surface area contributed by atoms with Crippen molar-refractivity contribution < 1.29 is 75.8 Å². The zero-order chi connectivity index (χ0) is 69.5. The Labute approximate surface area is 580 Å². The predicted molar refractivity (Wildman–Crippen MR) is 390 cm³/mol. The Balaban J connectivity index is 4.45. The number of carbonyl (C=O) groups excluding carboxylic acids is 3. The Kier molecular flexibility index (Phi) is 69.0. The molecule has 0 aromatic rings. The third kappa shape index (κ3) is 72.3. The van der Waals surface area contributed by atoms with E-state index >= 15 is 0 Å². The molecule has 16 nitrogen and oxygen atoms in total. The monoisotopic (exact) mass is 1380 g/mol. The lowest BCUT2D eigenvalue weighted by atomic mass is 10.0. The van der Waals surface area contributed by atoms with Crippen LogP contribution in [0.4, 0.5) is 0 Å². The zero-order valence-electron chi connectivity index (χ0n) is 60.6. The van der Waals surface area contributed by atoms with E-state index in [1.165, 1.54) is 186 Å². The largest absolute Gasteiger partial charge is 0.472 e. The molecule has 0 aliphatic heterocycles. The van der Waals surface area contributed by atoms with Gasteiger partial charge in [0.1, 0.15) is 25.4 Å². The highest BCUT2D eigenvalue weighted by Crippen LogP contribution is 2.45. The minimum atomic E-state index is -4.92. The van der Waals surface area contributed by atoms with E-state index in [-0.39, 0.29) is 19.3 Å². The number of ether oxygens (including phenoxy) is 3. The Hall–Kier alpha value is -2.75. The molecule has 5 atom stereocenters. The second kappa shape index (κ2) is 71.1. The first-order valence-electron chi connectivity index (χ1n) is 38.6. The van der Waals surface area contributed by atoms with Gasteiger partial charge in [0.15, 0.2) is 6.10 Å². The predicted octanol–water partition coefficient (Wildman–Crippen LogP) is 22.1. The van der Waals surface area contributed by atoms with Crippen LogP contribution in [0.5, 0.6) is 0 Å². The fraction of sp³-hybridized carbons (Fsp3) is 0.831. The molecule has 0 rings (SSSR count). The van der Waals surface area contributed by atoms with Gasteiger partial charge in [-0.1, -0.05) is 306 Å². The van der Waals surface area contributed by atoms with Gasteiger partial charge in [0.05, 0.1) is 26.4 Å². The molecule has 0 aliphatic carbocycles. The maximum absolute atomic E-state index is 12.9. The Morgan fingerprint density at radius 3 is 0.863 bits per heavy atom. The molecule has 0 heterocycles. The number of unbranched alkanes of at least 4 members (excludes halogenated alkanes) is 41. The molecule has 0 spiro atoms. The van der Waals surface area contributed by atoms with Crippen LogP contribution in [0, 0.1) is 0 Å². The third-order valence-corrected chi connectivity index (χ3v) is 18.6. The summed E-state index contributed by atoms with van der Waals surface area (Å²) in [5, 5.41) is 20.6. The molecule has 18 heteroatoms. The summed E-state index contributed by atoms with van der Waals surface area (Å²) in [4.78, 5) is 58.5. The minimum absolute atomic E-state index is 0.110. The smallest absolute Gasteiger partial charge is 0.463 e. The molecule has 0 fully saturated rings. The van der Waals surface area contributed by atoms with Crippen LogP contribution < -0.4 is 0 Å². The number of rotatable bonds is 74. The summed E-state index contributed by atoms with van der Waals surface area (Å²) in [6.45, 7) is 2.69. The number of aliphatic hydroxyl groups excluding tert-OH is 2.